The number of carbonyl (C=O) groups is 2. The topological polar surface area (TPSA) is 105 Å². The molecular formula is C16H18N2O4. The number of nitrogens with two attached hydrogens (primary N) is 2. The highest BCUT2D eigenvalue weighted by atomic mass is 16.5. The van der Waals surface area contributed by atoms with Crippen LogP contribution in [0.15, 0.2) is 60.7 Å². The third kappa shape index (κ3) is 8.21. The second-order valence-electron chi connectivity index (χ2n) is 4.19. The molecule has 2 amide bonds. The molecule has 22 heavy (non-hydrogen) atoms. The van der Waals surface area contributed by atoms with E-state index in [9.17, 15) is 9.59 Å². The molecule has 6 nitrogen and oxygen atoms in total. The van der Waals surface area contributed by atoms with Gasteiger partial charge in [0.1, 0.15) is 13.2 Å². The van der Waals surface area contributed by atoms with Gasteiger partial charge in [0.05, 0.1) is 0 Å². The van der Waals surface area contributed by atoms with Crippen LogP contribution in [0.5, 0.6) is 0 Å². The normalized spacial score (nSPS) is 9.09. The van der Waals surface area contributed by atoms with Crippen LogP contribution in [0.4, 0.5) is 9.59 Å². The van der Waals surface area contributed by atoms with E-state index >= 15 is 0 Å². The van der Waals surface area contributed by atoms with E-state index in [1.807, 2.05) is 60.7 Å². The van der Waals surface area contributed by atoms with Gasteiger partial charge in [-0.3, -0.25) is 0 Å². The van der Waals surface area contributed by atoms with Gasteiger partial charge in [-0.15, -0.1) is 0 Å². The zero-order chi connectivity index (χ0) is 16.2. The van der Waals surface area contributed by atoms with Crippen molar-refractivity contribution < 1.29 is 19.1 Å². The molecule has 0 spiro atoms. The predicted octanol–water partition coefficient (Wildman–Crippen LogP) is 2.56. The van der Waals surface area contributed by atoms with Gasteiger partial charge < -0.3 is 20.9 Å². The Morgan fingerprint density at radius 1 is 0.682 bits per heavy atom. The van der Waals surface area contributed by atoms with Crippen LogP contribution < -0.4 is 11.5 Å². The maximum atomic E-state index is 10.2. The van der Waals surface area contributed by atoms with Crippen LogP contribution in [-0.2, 0) is 22.7 Å². The van der Waals surface area contributed by atoms with E-state index < -0.39 is 12.2 Å². The Balaban J connectivity index is 0.000000220. The summed E-state index contributed by atoms with van der Waals surface area (Å²) in [5.41, 5.74) is 11.4. The van der Waals surface area contributed by atoms with E-state index in [0.717, 1.165) is 11.1 Å². The lowest BCUT2D eigenvalue weighted by atomic mass is 10.2. The fourth-order valence-electron chi connectivity index (χ4n) is 1.46. The molecule has 2 aromatic carbocycles. The minimum absolute atomic E-state index is 0.246. The van der Waals surface area contributed by atoms with Crippen LogP contribution in [-0.4, -0.2) is 12.2 Å². The van der Waals surface area contributed by atoms with Gasteiger partial charge in [-0.05, 0) is 11.1 Å². The minimum Gasteiger partial charge on any atom is -0.445 e. The van der Waals surface area contributed by atoms with Crippen molar-refractivity contribution in [2.75, 3.05) is 0 Å². The molecule has 0 aliphatic carbocycles. The van der Waals surface area contributed by atoms with Gasteiger partial charge in [0.15, 0.2) is 0 Å². The van der Waals surface area contributed by atoms with E-state index in [1.165, 1.54) is 0 Å². The lowest BCUT2D eigenvalue weighted by Gasteiger charge is -1.99. The molecule has 0 aliphatic heterocycles. The van der Waals surface area contributed by atoms with Crippen LogP contribution in [0.3, 0.4) is 0 Å². The number of hydrogen-bond acceptors (Lipinski definition) is 4. The molecule has 0 heterocycles. The quantitative estimate of drug-likeness (QED) is 0.905. The van der Waals surface area contributed by atoms with Crippen molar-refractivity contribution in [1.29, 1.82) is 0 Å². The van der Waals surface area contributed by atoms with E-state index in [0.29, 0.717) is 0 Å². The van der Waals surface area contributed by atoms with Crippen molar-refractivity contribution in [3.8, 4) is 0 Å². The zero-order valence-corrected chi connectivity index (χ0v) is 12.0. The van der Waals surface area contributed by atoms with Gasteiger partial charge in [0, 0.05) is 0 Å². The monoisotopic (exact) mass is 302 g/mol. The molecule has 0 aliphatic rings. The highest BCUT2D eigenvalue weighted by molar-refractivity contribution is 5.64. The lowest BCUT2D eigenvalue weighted by molar-refractivity contribution is 0.149. The van der Waals surface area contributed by atoms with Gasteiger partial charge >= 0.3 is 12.2 Å². The maximum absolute atomic E-state index is 10.2. The summed E-state index contributed by atoms with van der Waals surface area (Å²) < 4.78 is 9.13. The summed E-state index contributed by atoms with van der Waals surface area (Å²) >= 11 is 0. The van der Waals surface area contributed by atoms with Gasteiger partial charge in [-0.25, -0.2) is 9.59 Å². The van der Waals surface area contributed by atoms with Gasteiger partial charge in [0.2, 0.25) is 0 Å². The third-order valence-corrected chi connectivity index (χ3v) is 2.45. The molecule has 0 radical (unpaired) electrons. The Hall–Kier alpha value is -3.02. The van der Waals surface area contributed by atoms with Crippen molar-refractivity contribution in [1.82, 2.24) is 0 Å². The summed E-state index contributed by atoms with van der Waals surface area (Å²) in [5, 5.41) is 0. The Morgan fingerprint density at radius 3 is 1.27 bits per heavy atom. The predicted molar refractivity (Wildman–Crippen MR) is 81.6 cm³/mol. The van der Waals surface area contributed by atoms with Gasteiger partial charge in [0.25, 0.3) is 0 Å². The SMILES string of the molecule is NC(=O)OCc1ccccc1.NC(=O)OCc1ccccc1. The standard InChI is InChI=1S/2C8H9NO2/c2*9-8(10)11-6-7-4-2-1-3-5-7/h2*1-5H,6H2,(H2,9,10). The van der Waals surface area contributed by atoms with E-state index in [1.54, 1.807) is 0 Å². The maximum Gasteiger partial charge on any atom is 0.404 e. The van der Waals surface area contributed by atoms with Crippen LogP contribution >= 0.6 is 0 Å². The average Bonchev–Trinajstić information content (AvgIpc) is 2.53. The largest absolute Gasteiger partial charge is 0.445 e. The molecule has 0 aromatic heterocycles. The van der Waals surface area contributed by atoms with Crippen molar-refractivity contribution in [3.05, 3.63) is 71.8 Å². The molecule has 0 bridgehead atoms. The highest BCUT2D eigenvalue weighted by Crippen LogP contribution is 2.00. The lowest BCUT2D eigenvalue weighted by Crippen LogP contribution is -2.12. The van der Waals surface area contributed by atoms with E-state index in [2.05, 4.69) is 9.47 Å². The number of hydrogen-bond donors (Lipinski definition) is 2. The first-order valence-corrected chi connectivity index (χ1v) is 6.50. The molecule has 0 unspecified atom stereocenters. The van der Waals surface area contributed by atoms with Gasteiger partial charge in [-0.2, -0.15) is 0 Å². The first-order chi connectivity index (χ1) is 10.6. The number of carbonyl (C=O) groups excluding carboxylic acids is 2. The minimum atomic E-state index is -0.742. The summed E-state index contributed by atoms with van der Waals surface area (Å²) in [6.07, 6.45) is -1.48. The van der Waals surface area contributed by atoms with E-state index in [4.69, 9.17) is 11.5 Å². The fourth-order valence-corrected chi connectivity index (χ4v) is 1.46. The first-order valence-electron chi connectivity index (χ1n) is 6.50. The molecule has 0 saturated carbocycles. The molecule has 0 atom stereocenters. The van der Waals surface area contributed by atoms with Crippen LogP contribution in [0, 0.1) is 0 Å². The number of amides is 2. The Kier molecular flexibility index (Phi) is 7.60. The van der Waals surface area contributed by atoms with Crippen molar-refractivity contribution in [2.24, 2.45) is 11.5 Å². The Labute approximate surface area is 128 Å². The molecule has 0 fully saturated rings. The second-order valence-corrected chi connectivity index (χ2v) is 4.19. The van der Waals surface area contributed by atoms with Crippen LogP contribution in [0.1, 0.15) is 11.1 Å². The smallest absolute Gasteiger partial charge is 0.404 e. The molecule has 2 rings (SSSR count). The van der Waals surface area contributed by atoms with Crippen LogP contribution in [0.25, 0.3) is 0 Å². The molecular weight excluding hydrogens is 284 g/mol. The molecule has 0 saturated heterocycles. The number of ether oxygens (including phenoxy) is 2. The zero-order valence-electron chi connectivity index (χ0n) is 12.0. The van der Waals surface area contributed by atoms with Crippen molar-refractivity contribution in [2.45, 2.75) is 13.2 Å². The summed E-state index contributed by atoms with van der Waals surface area (Å²) in [5.74, 6) is 0. The fraction of sp³-hybridized carbons (Fsp3) is 0.125. The van der Waals surface area contributed by atoms with Crippen molar-refractivity contribution >= 4 is 12.2 Å². The summed E-state index contributed by atoms with van der Waals surface area (Å²) in [6, 6.07) is 18.7. The highest BCUT2D eigenvalue weighted by Gasteiger charge is 1.94. The second kappa shape index (κ2) is 9.82. The van der Waals surface area contributed by atoms with Crippen LogP contribution in [0.2, 0.25) is 0 Å². The van der Waals surface area contributed by atoms with E-state index in [-0.39, 0.29) is 13.2 Å². The van der Waals surface area contributed by atoms with Crippen molar-refractivity contribution in [3.63, 3.8) is 0 Å². The first kappa shape index (κ1) is 17.0. The summed E-state index contributed by atoms with van der Waals surface area (Å²) in [7, 11) is 0. The third-order valence-electron chi connectivity index (χ3n) is 2.45. The number of rotatable bonds is 4. The summed E-state index contributed by atoms with van der Waals surface area (Å²) in [4.78, 5) is 20.3. The van der Waals surface area contributed by atoms with Gasteiger partial charge in [-0.1, -0.05) is 60.7 Å². The number of benzene rings is 2. The Morgan fingerprint density at radius 2 is 1.00 bits per heavy atom. The Bertz CT molecular complexity index is 520. The summed E-state index contributed by atoms with van der Waals surface area (Å²) in [6.45, 7) is 0.492. The molecule has 6 heteroatoms. The number of primary amides is 2. The average molecular weight is 302 g/mol. The molecule has 116 valence electrons. The molecule has 4 N–H and O–H groups in total. The molecule has 2 aromatic rings.